The molecular weight excluding hydrogens is 364 g/mol. The number of nitrogens with zero attached hydrogens (tertiary/aromatic N) is 1. The van der Waals surface area contributed by atoms with Gasteiger partial charge in [0.05, 0.1) is 10.6 Å². The van der Waals surface area contributed by atoms with Crippen molar-refractivity contribution in [2.24, 2.45) is 11.7 Å². The fourth-order valence-corrected chi connectivity index (χ4v) is 5.58. The summed E-state index contributed by atoms with van der Waals surface area (Å²) in [5.41, 5.74) is 7.88. The van der Waals surface area contributed by atoms with E-state index in [9.17, 15) is 4.79 Å². The van der Waals surface area contributed by atoms with E-state index in [-0.39, 0.29) is 17.9 Å². The minimum absolute atomic E-state index is 0.257. The van der Waals surface area contributed by atoms with E-state index in [0.29, 0.717) is 0 Å². The van der Waals surface area contributed by atoms with Crippen molar-refractivity contribution < 1.29 is 4.79 Å². The average Bonchev–Trinajstić information content (AvgIpc) is 3.25. The van der Waals surface area contributed by atoms with Gasteiger partial charge in [-0.1, -0.05) is 18.2 Å². The number of aryl methyl sites for hydroxylation is 1. The zero-order chi connectivity index (χ0) is 18.1. The van der Waals surface area contributed by atoms with Gasteiger partial charge in [0.15, 0.2) is 5.13 Å². The van der Waals surface area contributed by atoms with Gasteiger partial charge in [-0.05, 0) is 55.8 Å². The molecule has 26 heavy (non-hydrogen) atoms. The molecular formula is C19H22N4OS2. The number of amides is 1. The smallest absolute Gasteiger partial charge is 0.240 e. The van der Waals surface area contributed by atoms with Gasteiger partial charge in [0, 0.05) is 10.1 Å². The second kappa shape index (κ2) is 7.34. The first-order chi connectivity index (χ1) is 12.6. The molecule has 3 heterocycles. The van der Waals surface area contributed by atoms with Crippen LogP contribution in [0.4, 0.5) is 5.13 Å². The van der Waals surface area contributed by atoms with Crippen LogP contribution in [-0.4, -0.2) is 30.0 Å². The van der Waals surface area contributed by atoms with E-state index in [1.54, 1.807) is 11.3 Å². The van der Waals surface area contributed by atoms with Crippen molar-refractivity contribution in [3.05, 3.63) is 35.2 Å². The predicted molar refractivity (Wildman–Crippen MR) is 110 cm³/mol. The summed E-state index contributed by atoms with van der Waals surface area (Å²) in [6.45, 7) is 4.00. The Kier molecular flexibility index (Phi) is 4.93. The highest BCUT2D eigenvalue weighted by Crippen LogP contribution is 2.39. The summed E-state index contributed by atoms with van der Waals surface area (Å²) in [5, 5.41) is 10.7. The number of piperidine rings is 1. The normalized spacial score (nSPS) is 16.7. The van der Waals surface area contributed by atoms with Crippen molar-refractivity contribution in [3.63, 3.8) is 0 Å². The Labute approximate surface area is 160 Å². The largest absolute Gasteiger partial charge is 0.368 e. The number of hydrogen-bond acceptors (Lipinski definition) is 6. The van der Waals surface area contributed by atoms with Crippen LogP contribution in [0.1, 0.15) is 18.4 Å². The first-order valence-corrected chi connectivity index (χ1v) is 10.5. The Hall–Kier alpha value is -1.96. The number of hydrogen-bond donors (Lipinski definition) is 3. The lowest BCUT2D eigenvalue weighted by Gasteiger charge is -2.29. The third-order valence-electron chi connectivity index (χ3n) is 5.02. The summed E-state index contributed by atoms with van der Waals surface area (Å²) >= 11 is 3.29. The van der Waals surface area contributed by atoms with E-state index in [4.69, 9.17) is 10.7 Å². The number of benzene rings is 1. The van der Waals surface area contributed by atoms with Crippen LogP contribution in [0.2, 0.25) is 0 Å². The average molecular weight is 387 g/mol. The number of carbonyl (C=O) groups is 1. The maximum atomic E-state index is 12.0. The van der Waals surface area contributed by atoms with Crippen molar-refractivity contribution in [2.45, 2.75) is 25.8 Å². The zero-order valence-electron chi connectivity index (χ0n) is 14.6. The molecule has 0 aliphatic carbocycles. The second-order valence-electron chi connectivity index (χ2n) is 6.70. The van der Waals surface area contributed by atoms with Crippen LogP contribution in [0.25, 0.3) is 20.7 Å². The molecule has 0 spiro atoms. The lowest BCUT2D eigenvalue weighted by atomic mass is 9.90. The van der Waals surface area contributed by atoms with Crippen molar-refractivity contribution in [1.29, 1.82) is 0 Å². The Bertz CT molecular complexity index is 927. The number of anilines is 1. The van der Waals surface area contributed by atoms with Crippen molar-refractivity contribution >= 4 is 43.8 Å². The van der Waals surface area contributed by atoms with Gasteiger partial charge in [-0.3, -0.25) is 4.79 Å². The quantitative estimate of drug-likeness (QED) is 0.626. The molecule has 5 nitrogen and oxygen atoms in total. The second-order valence-corrected chi connectivity index (χ2v) is 8.61. The van der Waals surface area contributed by atoms with Gasteiger partial charge in [0.2, 0.25) is 5.91 Å². The molecule has 1 unspecified atom stereocenters. The van der Waals surface area contributed by atoms with E-state index < -0.39 is 0 Å². The van der Waals surface area contributed by atoms with Crippen LogP contribution in [0, 0.1) is 12.8 Å². The summed E-state index contributed by atoms with van der Waals surface area (Å²) in [6.07, 6.45) is 1.91. The number of thiophene rings is 1. The molecule has 136 valence electrons. The molecule has 1 amide bonds. The summed E-state index contributed by atoms with van der Waals surface area (Å²) in [4.78, 5) is 17.9. The van der Waals surface area contributed by atoms with Crippen molar-refractivity contribution in [1.82, 2.24) is 10.3 Å². The minimum atomic E-state index is -0.361. The van der Waals surface area contributed by atoms with Gasteiger partial charge in [-0.15, -0.1) is 22.7 Å². The van der Waals surface area contributed by atoms with Crippen LogP contribution >= 0.6 is 22.7 Å². The molecule has 1 aliphatic heterocycles. The van der Waals surface area contributed by atoms with E-state index in [1.807, 2.05) is 0 Å². The Morgan fingerprint density at radius 3 is 2.85 bits per heavy atom. The van der Waals surface area contributed by atoms with E-state index in [0.717, 1.165) is 36.8 Å². The fourth-order valence-electron chi connectivity index (χ4n) is 3.59. The van der Waals surface area contributed by atoms with Crippen LogP contribution < -0.4 is 16.4 Å². The maximum absolute atomic E-state index is 12.0. The number of fused-ring (bicyclic) bond motifs is 1. The van der Waals surface area contributed by atoms with Crippen molar-refractivity contribution in [3.8, 4) is 10.6 Å². The Morgan fingerprint density at radius 2 is 2.12 bits per heavy atom. The van der Waals surface area contributed by atoms with Crippen LogP contribution in [0.15, 0.2) is 29.6 Å². The van der Waals surface area contributed by atoms with E-state index in [2.05, 4.69) is 47.2 Å². The molecule has 0 bridgehead atoms. The highest BCUT2D eigenvalue weighted by molar-refractivity contribution is 7.23. The first-order valence-electron chi connectivity index (χ1n) is 8.84. The van der Waals surface area contributed by atoms with Gasteiger partial charge >= 0.3 is 0 Å². The van der Waals surface area contributed by atoms with Crippen LogP contribution in [0.5, 0.6) is 0 Å². The lowest BCUT2D eigenvalue weighted by molar-refractivity contribution is -0.120. The fraction of sp³-hybridized carbons (Fsp3) is 0.368. The standard InChI is InChI=1S/C19H22N4OS2/c1-11-13-4-2-3-5-15(13)26-17(11)14-10-25-19(22-14)23-16(18(20)24)12-6-8-21-9-7-12/h2-5,10,12,16,21H,6-9H2,1H3,(H2,20,24)(H,22,23). The molecule has 0 radical (unpaired) electrons. The van der Waals surface area contributed by atoms with Gasteiger partial charge in [0.1, 0.15) is 6.04 Å². The maximum Gasteiger partial charge on any atom is 0.240 e. The summed E-state index contributed by atoms with van der Waals surface area (Å²) in [5.74, 6) is -0.0427. The molecule has 3 aromatic rings. The van der Waals surface area contributed by atoms with E-state index in [1.165, 1.54) is 31.9 Å². The first kappa shape index (κ1) is 17.5. The van der Waals surface area contributed by atoms with Crippen LogP contribution in [0.3, 0.4) is 0 Å². The summed E-state index contributed by atoms with van der Waals surface area (Å²) < 4.78 is 1.27. The minimum Gasteiger partial charge on any atom is -0.368 e. The number of nitrogens with two attached hydrogens (primary N) is 1. The number of aromatic nitrogens is 1. The number of thiazole rings is 1. The molecule has 4 N–H and O–H groups in total. The lowest BCUT2D eigenvalue weighted by Crippen LogP contribution is -2.45. The third-order valence-corrected chi connectivity index (χ3v) is 7.09. The van der Waals surface area contributed by atoms with Crippen LogP contribution in [-0.2, 0) is 4.79 Å². The molecule has 2 aromatic heterocycles. The highest BCUT2D eigenvalue weighted by Gasteiger charge is 2.28. The van der Waals surface area contributed by atoms with Gasteiger partial charge in [-0.25, -0.2) is 4.98 Å². The SMILES string of the molecule is Cc1c(-c2csc(NC(C(N)=O)C3CCNCC3)n2)sc2ccccc12. The molecule has 4 rings (SSSR count). The van der Waals surface area contributed by atoms with E-state index >= 15 is 0 Å². The number of nitrogens with one attached hydrogen (secondary N) is 2. The highest BCUT2D eigenvalue weighted by atomic mass is 32.1. The topological polar surface area (TPSA) is 80.0 Å². The number of primary amides is 1. The number of rotatable bonds is 5. The monoisotopic (exact) mass is 386 g/mol. The Morgan fingerprint density at radius 1 is 1.35 bits per heavy atom. The molecule has 1 aromatic carbocycles. The van der Waals surface area contributed by atoms with Gasteiger partial charge in [0.25, 0.3) is 0 Å². The molecule has 1 saturated heterocycles. The molecule has 0 saturated carbocycles. The zero-order valence-corrected chi connectivity index (χ0v) is 16.3. The summed E-state index contributed by atoms with van der Waals surface area (Å²) in [6, 6.07) is 8.06. The molecule has 1 atom stereocenters. The number of carbonyl (C=O) groups excluding carboxylic acids is 1. The van der Waals surface area contributed by atoms with Crippen molar-refractivity contribution in [2.75, 3.05) is 18.4 Å². The van der Waals surface area contributed by atoms with Gasteiger partial charge in [-0.2, -0.15) is 0 Å². The third kappa shape index (κ3) is 3.34. The predicted octanol–water partition coefficient (Wildman–Crippen LogP) is 3.60. The molecule has 1 fully saturated rings. The molecule has 1 aliphatic rings. The van der Waals surface area contributed by atoms with Gasteiger partial charge < -0.3 is 16.4 Å². The molecule has 7 heteroatoms. The Balaban J connectivity index is 1.58. The summed E-state index contributed by atoms with van der Waals surface area (Å²) in [7, 11) is 0.